The summed E-state index contributed by atoms with van der Waals surface area (Å²) in [5.41, 5.74) is 10.1. The molecule has 2 aromatic heterocycles. The molecule has 0 amide bonds. The molecule has 0 saturated heterocycles. The van der Waals surface area contributed by atoms with Gasteiger partial charge in [-0.2, -0.15) is 0 Å². The van der Waals surface area contributed by atoms with Crippen LogP contribution in [0.1, 0.15) is 11.3 Å². The molecular weight excluding hydrogens is 241 g/mol. The van der Waals surface area contributed by atoms with Gasteiger partial charge in [0.25, 0.3) is 0 Å². The first-order chi connectivity index (χ1) is 9.19. The standard InChI is InChI=1S/C15H14FN3/c1-10-15(12-3-2-4-13(16)7-12)18-14-6-5-11(8-17)9-19(10)14/h2-7,9H,8,17H2,1H3. The Labute approximate surface area is 110 Å². The summed E-state index contributed by atoms with van der Waals surface area (Å²) in [6.45, 7) is 2.46. The molecule has 0 spiro atoms. The molecule has 1 aromatic carbocycles. The van der Waals surface area contributed by atoms with Gasteiger partial charge in [0.15, 0.2) is 0 Å². The highest BCUT2D eigenvalue weighted by atomic mass is 19.1. The second kappa shape index (κ2) is 4.48. The van der Waals surface area contributed by atoms with E-state index in [1.807, 2.05) is 35.7 Å². The van der Waals surface area contributed by atoms with Crippen molar-refractivity contribution in [3.05, 3.63) is 59.7 Å². The van der Waals surface area contributed by atoms with Gasteiger partial charge in [-0.1, -0.05) is 18.2 Å². The predicted octanol–water partition coefficient (Wildman–Crippen LogP) is 2.91. The number of aromatic nitrogens is 2. The third-order valence-electron chi connectivity index (χ3n) is 3.25. The number of halogens is 1. The van der Waals surface area contributed by atoms with Crippen LogP contribution in [0.2, 0.25) is 0 Å². The van der Waals surface area contributed by atoms with Crippen LogP contribution in [0.4, 0.5) is 4.39 Å². The van der Waals surface area contributed by atoms with Crippen LogP contribution in [0.3, 0.4) is 0 Å². The largest absolute Gasteiger partial charge is 0.326 e. The Hall–Kier alpha value is -2.20. The molecule has 0 fully saturated rings. The van der Waals surface area contributed by atoms with Crippen LogP contribution in [0.5, 0.6) is 0 Å². The lowest BCUT2D eigenvalue weighted by atomic mass is 10.1. The van der Waals surface area contributed by atoms with Crippen molar-refractivity contribution < 1.29 is 4.39 Å². The third kappa shape index (κ3) is 2.00. The normalized spacial score (nSPS) is 11.1. The summed E-state index contributed by atoms with van der Waals surface area (Å²) >= 11 is 0. The van der Waals surface area contributed by atoms with E-state index in [4.69, 9.17) is 5.73 Å². The molecule has 0 saturated carbocycles. The van der Waals surface area contributed by atoms with E-state index in [9.17, 15) is 4.39 Å². The van der Waals surface area contributed by atoms with E-state index in [0.717, 1.165) is 28.2 Å². The van der Waals surface area contributed by atoms with E-state index >= 15 is 0 Å². The molecule has 96 valence electrons. The summed E-state index contributed by atoms with van der Waals surface area (Å²) in [4.78, 5) is 4.55. The topological polar surface area (TPSA) is 43.3 Å². The van der Waals surface area contributed by atoms with Crippen molar-refractivity contribution in [1.82, 2.24) is 9.38 Å². The molecular formula is C15H14FN3. The maximum Gasteiger partial charge on any atom is 0.137 e. The molecule has 19 heavy (non-hydrogen) atoms. The maximum atomic E-state index is 13.3. The van der Waals surface area contributed by atoms with Gasteiger partial charge >= 0.3 is 0 Å². The number of pyridine rings is 1. The van der Waals surface area contributed by atoms with E-state index < -0.39 is 0 Å². The van der Waals surface area contributed by atoms with E-state index in [1.54, 1.807) is 6.07 Å². The SMILES string of the molecule is Cc1c(-c2cccc(F)c2)nc2ccc(CN)cn12. The fraction of sp³-hybridized carbons (Fsp3) is 0.133. The number of aryl methyl sites for hydroxylation is 1. The van der Waals surface area contributed by atoms with Crippen LogP contribution in [-0.2, 0) is 6.54 Å². The molecule has 4 heteroatoms. The summed E-state index contributed by atoms with van der Waals surface area (Å²) in [5, 5.41) is 0. The predicted molar refractivity (Wildman–Crippen MR) is 73.2 cm³/mol. The zero-order valence-electron chi connectivity index (χ0n) is 10.6. The Morgan fingerprint density at radius 1 is 1.26 bits per heavy atom. The zero-order valence-corrected chi connectivity index (χ0v) is 10.6. The molecule has 0 aliphatic rings. The summed E-state index contributed by atoms with van der Waals surface area (Å²) < 4.78 is 15.3. The van der Waals surface area contributed by atoms with Gasteiger partial charge in [-0.3, -0.25) is 0 Å². The zero-order chi connectivity index (χ0) is 13.4. The van der Waals surface area contributed by atoms with E-state index in [0.29, 0.717) is 6.54 Å². The van der Waals surface area contributed by atoms with Crippen LogP contribution >= 0.6 is 0 Å². The summed E-state index contributed by atoms with van der Waals surface area (Å²) in [6.07, 6.45) is 1.97. The van der Waals surface area contributed by atoms with Gasteiger partial charge in [0, 0.05) is 24.0 Å². The van der Waals surface area contributed by atoms with Crippen LogP contribution in [0.15, 0.2) is 42.6 Å². The van der Waals surface area contributed by atoms with Crippen molar-refractivity contribution in [3.8, 4) is 11.3 Å². The summed E-state index contributed by atoms with van der Waals surface area (Å²) in [5.74, 6) is -0.253. The fourth-order valence-electron chi connectivity index (χ4n) is 2.24. The monoisotopic (exact) mass is 255 g/mol. The quantitative estimate of drug-likeness (QED) is 0.765. The number of hydrogen-bond donors (Lipinski definition) is 1. The molecule has 3 nitrogen and oxygen atoms in total. The average Bonchev–Trinajstić information content (AvgIpc) is 2.76. The van der Waals surface area contributed by atoms with Crippen molar-refractivity contribution in [2.75, 3.05) is 0 Å². The second-order valence-electron chi connectivity index (χ2n) is 4.53. The van der Waals surface area contributed by atoms with Gasteiger partial charge < -0.3 is 10.1 Å². The fourth-order valence-corrected chi connectivity index (χ4v) is 2.24. The maximum absolute atomic E-state index is 13.3. The molecule has 0 aliphatic heterocycles. The van der Waals surface area contributed by atoms with Crippen molar-refractivity contribution in [2.24, 2.45) is 5.73 Å². The highest BCUT2D eigenvalue weighted by molar-refractivity contribution is 5.66. The first kappa shape index (κ1) is 11.9. The summed E-state index contributed by atoms with van der Waals surface area (Å²) in [6, 6.07) is 10.4. The Kier molecular flexibility index (Phi) is 2.80. The smallest absolute Gasteiger partial charge is 0.137 e. The number of fused-ring (bicyclic) bond motifs is 1. The van der Waals surface area contributed by atoms with Crippen molar-refractivity contribution >= 4 is 5.65 Å². The molecule has 2 heterocycles. The van der Waals surface area contributed by atoms with Gasteiger partial charge in [0.1, 0.15) is 11.5 Å². The minimum absolute atomic E-state index is 0.253. The Morgan fingerprint density at radius 3 is 2.84 bits per heavy atom. The lowest BCUT2D eigenvalue weighted by Crippen LogP contribution is -1.98. The van der Waals surface area contributed by atoms with Crippen molar-refractivity contribution in [2.45, 2.75) is 13.5 Å². The Balaban J connectivity index is 2.22. The minimum atomic E-state index is -0.253. The van der Waals surface area contributed by atoms with Crippen LogP contribution in [-0.4, -0.2) is 9.38 Å². The molecule has 3 aromatic rings. The van der Waals surface area contributed by atoms with E-state index in [2.05, 4.69) is 4.98 Å². The Bertz CT molecular complexity index is 746. The first-order valence-electron chi connectivity index (χ1n) is 6.12. The van der Waals surface area contributed by atoms with Gasteiger partial charge in [0.05, 0.1) is 5.69 Å². The van der Waals surface area contributed by atoms with Crippen LogP contribution in [0.25, 0.3) is 16.9 Å². The van der Waals surface area contributed by atoms with Gasteiger partial charge in [-0.25, -0.2) is 9.37 Å². The Morgan fingerprint density at radius 2 is 2.11 bits per heavy atom. The summed E-state index contributed by atoms with van der Waals surface area (Å²) in [7, 11) is 0. The average molecular weight is 255 g/mol. The molecule has 0 atom stereocenters. The van der Waals surface area contributed by atoms with Gasteiger partial charge in [-0.05, 0) is 30.7 Å². The third-order valence-corrected chi connectivity index (χ3v) is 3.25. The lowest BCUT2D eigenvalue weighted by Gasteiger charge is -2.01. The number of rotatable bonds is 2. The van der Waals surface area contributed by atoms with Crippen molar-refractivity contribution in [3.63, 3.8) is 0 Å². The number of nitrogens with zero attached hydrogens (tertiary/aromatic N) is 2. The highest BCUT2D eigenvalue weighted by Gasteiger charge is 2.11. The van der Waals surface area contributed by atoms with E-state index in [1.165, 1.54) is 12.1 Å². The number of benzene rings is 1. The molecule has 3 rings (SSSR count). The molecule has 0 unspecified atom stereocenters. The number of imidazole rings is 1. The minimum Gasteiger partial charge on any atom is -0.326 e. The number of hydrogen-bond acceptors (Lipinski definition) is 2. The molecule has 0 aliphatic carbocycles. The number of nitrogens with two attached hydrogens (primary N) is 1. The van der Waals surface area contributed by atoms with Crippen molar-refractivity contribution in [1.29, 1.82) is 0 Å². The molecule has 2 N–H and O–H groups in total. The second-order valence-corrected chi connectivity index (χ2v) is 4.53. The van der Waals surface area contributed by atoms with Gasteiger partial charge in [0.2, 0.25) is 0 Å². The first-order valence-corrected chi connectivity index (χ1v) is 6.12. The van der Waals surface area contributed by atoms with E-state index in [-0.39, 0.29) is 5.82 Å². The highest BCUT2D eigenvalue weighted by Crippen LogP contribution is 2.24. The van der Waals surface area contributed by atoms with Gasteiger partial charge in [-0.15, -0.1) is 0 Å². The van der Waals surface area contributed by atoms with Crippen LogP contribution < -0.4 is 5.73 Å². The molecule has 0 bridgehead atoms. The van der Waals surface area contributed by atoms with Crippen LogP contribution in [0, 0.1) is 12.7 Å². The molecule has 0 radical (unpaired) electrons. The lowest BCUT2D eigenvalue weighted by molar-refractivity contribution is 0.628.